The van der Waals surface area contributed by atoms with Gasteiger partial charge in [0.25, 0.3) is 5.88 Å². The lowest BCUT2D eigenvalue weighted by atomic mass is 9.94. The zero-order valence-corrected chi connectivity index (χ0v) is 15.5. The van der Waals surface area contributed by atoms with Crippen molar-refractivity contribution >= 4 is 10.9 Å². The molecule has 2 aromatic heterocycles. The van der Waals surface area contributed by atoms with Crippen LogP contribution in [0.4, 0.5) is 0 Å². The molecule has 3 N–H and O–H groups in total. The second kappa shape index (κ2) is 7.44. The van der Waals surface area contributed by atoms with Crippen LogP contribution in [0.15, 0.2) is 36.5 Å². The van der Waals surface area contributed by atoms with Gasteiger partial charge in [-0.3, -0.25) is 0 Å². The molecule has 3 aromatic rings. The smallest absolute Gasteiger partial charge is 0.258 e. The van der Waals surface area contributed by atoms with Gasteiger partial charge in [0.05, 0.1) is 18.9 Å². The summed E-state index contributed by atoms with van der Waals surface area (Å²) in [5, 5.41) is 38.8. The zero-order valence-electron chi connectivity index (χ0n) is 15.5. The van der Waals surface area contributed by atoms with Crippen LogP contribution in [0.2, 0.25) is 0 Å². The first-order valence-corrected chi connectivity index (χ1v) is 9.06. The molecule has 3 heterocycles. The topological polar surface area (TPSA) is 123 Å². The van der Waals surface area contributed by atoms with Gasteiger partial charge >= 0.3 is 0 Å². The van der Waals surface area contributed by atoms with Crippen molar-refractivity contribution in [2.75, 3.05) is 6.61 Å². The fourth-order valence-corrected chi connectivity index (χ4v) is 3.52. The van der Waals surface area contributed by atoms with Crippen LogP contribution in [0.5, 0.6) is 11.6 Å². The maximum atomic E-state index is 10.5. The maximum Gasteiger partial charge on any atom is 0.258 e. The number of rotatable bonds is 4. The minimum absolute atomic E-state index is 0.231. The summed E-state index contributed by atoms with van der Waals surface area (Å²) in [6, 6.07) is 8.84. The van der Waals surface area contributed by atoms with Gasteiger partial charge in [0.15, 0.2) is 5.75 Å². The molecular formula is C19H22N4O5. The SMILES string of the molecule is Cc1ccc2cccc(Oc3cn([C@@H]4[C@@H](O)[C@@H](O)[C@@H](CO)O[C@H]4C)nn3)c2n1. The summed E-state index contributed by atoms with van der Waals surface area (Å²) in [7, 11) is 0. The minimum atomic E-state index is -1.23. The van der Waals surface area contributed by atoms with E-state index in [1.165, 1.54) is 10.9 Å². The van der Waals surface area contributed by atoms with E-state index >= 15 is 0 Å². The number of nitrogens with zero attached hydrogens (tertiary/aromatic N) is 4. The summed E-state index contributed by atoms with van der Waals surface area (Å²) in [6.07, 6.45) is -2.20. The minimum Gasteiger partial charge on any atom is -0.434 e. The van der Waals surface area contributed by atoms with E-state index in [4.69, 9.17) is 9.47 Å². The van der Waals surface area contributed by atoms with Crippen molar-refractivity contribution in [2.24, 2.45) is 0 Å². The van der Waals surface area contributed by atoms with Crippen LogP contribution in [0, 0.1) is 6.92 Å². The second-order valence-corrected chi connectivity index (χ2v) is 6.95. The number of pyridine rings is 1. The highest BCUT2D eigenvalue weighted by Gasteiger charge is 2.44. The molecule has 0 unspecified atom stereocenters. The van der Waals surface area contributed by atoms with E-state index in [2.05, 4.69) is 15.3 Å². The summed E-state index contributed by atoms with van der Waals surface area (Å²) < 4.78 is 12.9. The Labute approximate surface area is 161 Å². The molecule has 9 nitrogen and oxygen atoms in total. The third kappa shape index (κ3) is 3.33. The molecule has 0 spiro atoms. The molecule has 28 heavy (non-hydrogen) atoms. The van der Waals surface area contributed by atoms with Crippen molar-refractivity contribution in [1.82, 2.24) is 20.0 Å². The number of fused-ring (bicyclic) bond motifs is 1. The number of ether oxygens (including phenoxy) is 2. The van der Waals surface area contributed by atoms with Crippen molar-refractivity contribution < 1.29 is 24.8 Å². The number of aromatic nitrogens is 4. The van der Waals surface area contributed by atoms with Gasteiger partial charge in [-0.25, -0.2) is 9.67 Å². The predicted octanol–water partition coefficient (Wildman–Crippen LogP) is 0.970. The summed E-state index contributed by atoms with van der Waals surface area (Å²) in [5.41, 5.74) is 1.59. The third-order valence-electron chi connectivity index (χ3n) is 4.96. The number of hydrogen-bond donors (Lipinski definition) is 3. The number of aliphatic hydroxyl groups excluding tert-OH is 3. The standard InChI is InChI=1S/C19H22N4O5/c1-10-6-7-12-4-3-5-13(16(12)20-10)28-15-8-23(22-21-15)17-11(2)27-14(9-24)18(25)19(17)26/h3-8,11,14,17-19,24-26H,9H2,1-2H3/t11-,14+,17-,18-,19+/m0/s1. The lowest BCUT2D eigenvalue weighted by Gasteiger charge is -2.40. The van der Waals surface area contributed by atoms with Crippen LogP contribution < -0.4 is 4.74 Å². The molecule has 1 saturated heterocycles. The average Bonchev–Trinajstić information content (AvgIpc) is 3.13. The van der Waals surface area contributed by atoms with E-state index in [1.807, 2.05) is 31.2 Å². The lowest BCUT2D eigenvalue weighted by molar-refractivity contribution is -0.200. The van der Waals surface area contributed by atoms with Crippen molar-refractivity contribution in [1.29, 1.82) is 0 Å². The predicted molar refractivity (Wildman–Crippen MR) is 99.0 cm³/mol. The summed E-state index contributed by atoms with van der Waals surface area (Å²) in [5.74, 6) is 0.774. The fraction of sp³-hybridized carbons (Fsp3) is 0.421. The Morgan fingerprint density at radius 3 is 2.79 bits per heavy atom. The van der Waals surface area contributed by atoms with Crippen LogP contribution in [0.1, 0.15) is 18.7 Å². The van der Waals surface area contributed by atoms with Crippen LogP contribution >= 0.6 is 0 Å². The molecule has 0 aliphatic carbocycles. The van der Waals surface area contributed by atoms with Crippen molar-refractivity contribution in [2.45, 2.75) is 44.3 Å². The number of aliphatic hydroxyl groups is 3. The van der Waals surface area contributed by atoms with Crippen molar-refractivity contribution in [3.63, 3.8) is 0 Å². The number of hydrogen-bond acceptors (Lipinski definition) is 8. The molecular weight excluding hydrogens is 364 g/mol. The van der Waals surface area contributed by atoms with Gasteiger partial charge in [-0.15, -0.1) is 0 Å². The van der Waals surface area contributed by atoms with E-state index in [0.717, 1.165) is 11.1 Å². The molecule has 1 aliphatic heterocycles. The fourth-order valence-electron chi connectivity index (χ4n) is 3.52. The number of benzene rings is 1. The lowest BCUT2D eigenvalue weighted by Crippen LogP contribution is -2.55. The van der Waals surface area contributed by atoms with E-state index in [0.29, 0.717) is 11.3 Å². The Kier molecular flexibility index (Phi) is 4.98. The van der Waals surface area contributed by atoms with E-state index < -0.39 is 30.5 Å². The Morgan fingerprint density at radius 2 is 2.00 bits per heavy atom. The van der Waals surface area contributed by atoms with Crippen molar-refractivity contribution in [3.05, 3.63) is 42.2 Å². The van der Waals surface area contributed by atoms with E-state index in [1.54, 1.807) is 13.0 Å². The summed E-state index contributed by atoms with van der Waals surface area (Å²) in [6.45, 7) is 3.26. The number of aryl methyl sites for hydroxylation is 1. The summed E-state index contributed by atoms with van der Waals surface area (Å²) in [4.78, 5) is 4.52. The van der Waals surface area contributed by atoms with Crippen LogP contribution in [0.3, 0.4) is 0 Å². The Hall–Kier alpha value is -2.59. The molecule has 0 radical (unpaired) electrons. The van der Waals surface area contributed by atoms with Gasteiger partial charge in [-0.2, -0.15) is 0 Å². The van der Waals surface area contributed by atoms with Gasteiger partial charge in [0.2, 0.25) is 0 Å². The second-order valence-electron chi connectivity index (χ2n) is 6.95. The highest BCUT2D eigenvalue weighted by molar-refractivity contribution is 5.84. The normalized spacial score (nSPS) is 27.8. The van der Waals surface area contributed by atoms with E-state index in [-0.39, 0.29) is 12.5 Å². The van der Waals surface area contributed by atoms with Gasteiger partial charge in [-0.05, 0) is 26.0 Å². The van der Waals surface area contributed by atoms with Gasteiger partial charge in [-0.1, -0.05) is 28.5 Å². The first-order chi connectivity index (χ1) is 13.5. The highest BCUT2D eigenvalue weighted by atomic mass is 16.5. The Balaban J connectivity index is 1.60. The molecule has 5 atom stereocenters. The molecule has 0 bridgehead atoms. The average molecular weight is 386 g/mol. The van der Waals surface area contributed by atoms with Crippen LogP contribution in [-0.4, -0.2) is 66.3 Å². The zero-order chi connectivity index (χ0) is 19.8. The van der Waals surface area contributed by atoms with Gasteiger partial charge in [0.1, 0.15) is 29.9 Å². The van der Waals surface area contributed by atoms with Crippen LogP contribution in [0.25, 0.3) is 10.9 Å². The Morgan fingerprint density at radius 1 is 1.18 bits per heavy atom. The molecule has 4 rings (SSSR count). The molecule has 9 heteroatoms. The molecule has 148 valence electrons. The molecule has 1 fully saturated rings. The van der Waals surface area contributed by atoms with Gasteiger partial charge < -0.3 is 24.8 Å². The molecule has 0 saturated carbocycles. The number of para-hydroxylation sites is 1. The first kappa shape index (κ1) is 18.8. The maximum absolute atomic E-state index is 10.5. The molecule has 1 aliphatic rings. The van der Waals surface area contributed by atoms with Crippen LogP contribution in [-0.2, 0) is 4.74 Å². The largest absolute Gasteiger partial charge is 0.434 e. The first-order valence-electron chi connectivity index (χ1n) is 9.06. The summed E-state index contributed by atoms with van der Waals surface area (Å²) >= 11 is 0. The molecule has 0 amide bonds. The van der Waals surface area contributed by atoms with Crippen molar-refractivity contribution in [3.8, 4) is 11.6 Å². The monoisotopic (exact) mass is 386 g/mol. The molecule has 1 aromatic carbocycles. The Bertz CT molecular complexity index is 978. The third-order valence-corrected chi connectivity index (χ3v) is 4.96. The quantitative estimate of drug-likeness (QED) is 0.606. The van der Waals surface area contributed by atoms with E-state index in [9.17, 15) is 15.3 Å². The highest BCUT2D eigenvalue weighted by Crippen LogP contribution is 2.32. The van der Waals surface area contributed by atoms with Gasteiger partial charge in [0, 0.05) is 11.1 Å².